The Morgan fingerprint density at radius 1 is 0.935 bits per heavy atom. The van der Waals surface area contributed by atoms with Gasteiger partial charge in [-0.05, 0) is 86.4 Å². The summed E-state index contributed by atoms with van der Waals surface area (Å²) >= 11 is 0. The number of alkyl halides is 5. The van der Waals surface area contributed by atoms with E-state index in [1.807, 2.05) is 6.92 Å². The molecule has 4 fully saturated rings. The predicted molar refractivity (Wildman–Crippen MR) is 152 cm³/mol. The second kappa shape index (κ2) is 13.1. The maximum Gasteiger partial charge on any atom is 0.432 e. The van der Waals surface area contributed by atoms with Crippen LogP contribution in [-0.2, 0) is 38.7 Å². The first kappa shape index (κ1) is 36.8. The zero-order chi connectivity index (χ0) is 34.6. The van der Waals surface area contributed by atoms with Gasteiger partial charge in [0, 0.05) is 31.6 Å². The van der Waals surface area contributed by atoms with Gasteiger partial charge >= 0.3 is 39.5 Å². The Bertz CT molecular complexity index is 1270. The Kier molecular flexibility index (Phi) is 10.5. The molecule has 4 aliphatic carbocycles. The number of esters is 3. The second-order valence-electron chi connectivity index (χ2n) is 14.4. The molecule has 15 heteroatoms. The first-order chi connectivity index (χ1) is 21.1. The fourth-order valence-corrected chi connectivity index (χ4v) is 10.4. The summed E-state index contributed by atoms with van der Waals surface area (Å²) in [5.41, 5.74) is -0.643. The lowest BCUT2D eigenvalue weighted by Crippen LogP contribution is -2.60. The van der Waals surface area contributed by atoms with Gasteiger partial charge in [0.2, 0.25) is 0 Å². The van der Waals surface area contributed by atoms with Gasteiger partial charge < -0.3 is 14.2 Å². The summed E-state index contributed by atoms with van der Waals surface area (Å²) in [6, 6.07) is 0. The van der Waals surface area contributed by atoms with E-state index in [0.29, 0.717) is 37.0 Å². The zero-order valence-electron chi connectivity index (χ0n) is 26.7. The maximum atomic E-state index is 13.9. The SMILES string of the molecule is CC(=O)OC1CC2CC(C)CCC2C2CC(OC(C)=O)C3(C)C(C(C)CCC(=O)OC(C(F)(F)F)C(F)(F)S(=O)(=O)O)CCC3C12. The zero-order valence-corrected chi connectivity index (χ0v) is 27.5. The fraction of sp³-hybridized carbons (Fsp3) is 0.903. The molecule has 1 N–H and O–H groups in total. The minimum atomic E-state index is -6.55. The van der Waals surface area contributed by atoms with Gasteiger partial charge in [-0.2, -0.15) is 30.4 Å². The van der Waals surface area contributed by atoms with E-state index < -0.39 is 57.5 Å². The van der Waals surface area contributed by atoms with Crippen LogP contribution in [0.5, 0.6) is 0 Å². The highest BCUT2D eigenvalue weighted by Crippen LogP contribution is 2.66. The molecule has 0 heterocycles. The molecule has 12 atom stereocenters. The van der Waals surface area contributed by atoms with E-state index in [2.05, 4.69) is 11.7 Å². The molecule has 12 unspecified atom stereocenters. The minimum absolute atomic E-state index is 0.00716. The standard InChI is InChI=1S/C31H45F5O9S/c1-15-6-8-20-19(12-15)13-24(43-17(3)37)27-21(20)14-25(44-18(4)38)29(5)22(9-10-23(27)29)16(2)7-11-26(39)45-28(30(32,33)34)31(35,36)46(40,41)42/h15-16,19-25,27-28H,6-14H2,1-5H3,(H,40,41,42). The lowest BCUT2D eigenvalue weighted by molar-refractivity contribution is -0.259. The highest BCUT2D eigenvalue weighted by Gasteiger charge is 2.67. The van der Waals surface area contributed by atoms with Gasteiger partial charge in [0.15, 0.2) is 0 Å². The molecule has 46 heavy (non-hydrogen) atoms. The number of rotatable bonds is 9. The average molecular weight is 689 g/mol. The molecule has 4 rings (SSSR count). The first-order valence-electron chi connectivity index (χ1n) is 16.0. The van der Waals surface area contributed by atoms with Crippen molar-refractivity contribution >= 4 is 28.0 Å². The molecule has 0 spiro atoms. The van der Waals surface area contributed by atoms with E-state index in [-0.39, 0.29) is 48.1 Å². The number of fused-ring (bicyclic) bond motifs is 5. The molecule has 0 radical (unpaired) electrons. The lowest BCUT2D eigenvalue weighted by Gasteiger charge is -2.60. The molecule has 0 aliphatic heterocycles. The average Bonchev–Trinajstić information content (AvgIpc) is 3.26. The van der Waals surface area contributed by atoms with Crippen LogP contribution in [0.4, 0.5) is 22.0 Å². The van der Waals surface area contributed by atoms with Crippen molar-refractivity contribution in [1.29, 1.82) is 0 Å². The van der Waals surface area contributed by atoms with Crippen LogP contribution in [0, 0.1) is 52.8 Å². The Morgan fingerprint density at radius 2 is 1.57 bits per heavy atom. The summed E-state index contributed by atoms with van der Waals surface area (Å²) in [6.45, 7) is 8.74. The number of halogens is 5. The molecular weight excluding hydrogens is 643 g/mol. The summed E-state index contributed by atoms with van der Waals surface area (Å²) in [4.78, 5) is 37.1. The molecule has 0 aromatic heterocycles. The Labute approximate surface area is 266 Å². The molecule has 9 nitrogen and oxygen atoms in total. The van der Waals surface area contributed by atoms with Crippen LogP contribution in [0.1, 0.15) is 92.4 Å². The molecule has 4 aliphatic rings. The molecule has 0 aromatic carbocycles. The third-order valence-electron chi connectivity index (χ3n) is 11.7. The molecule has 0 bridgehead atoms. The monoisotopic (exact) mass is 688 g/mol. The Hall–Kier alpha value is -2.03. The smallest absolute Gasteiger partial charge is 0.432 e. The molecule has 0 saturated heterocycles. The van der Waals surface area contributed by atoms with Crippen molar-refractivity contribution in [3.05, 3.63) is 0 Å². The van der Waals surface area contributed by atoms with E-state index >= 15 is 0 Å². The van der Waals surface area contributed by atoms with Crippen LogP contribution in [0.3, 0.4) is 0 Å². The number of hydrogen-bond donors (Lipinski definition) is 1. The van der Waals surface area contributed by atoms with Crippen molar-refractivity contribution in [2.45, 2.75) is 122 Å². The van der Waals surface area contributed by atoms with Crippen LogP contribution in [0.25, 0.3) is 0 Å². The maximum absolute atomic E-state index is 13.9. The summed E-state index contributed by atoms with van der Waals surface area (Å²) in [6.07, 6.45) is -6.18. The van der Waals surface area contributed by atoms with Crippen LogP contribution in [0.15, 0.2) is 0 Å². The normalized spacial score (nSPS) is 37.6. The summed E-state index contributed by atoms with van der Waals surface area (Å²) in [5, 5.41) is -5.80. The van der Waals surface area contributed by atoms with Gasteiger partial charge in [-0.15, -0.1) is 0 Å². The van der Waals surface area contributed by atoms with Crippen LogP contribution < -0.4 is 0 Å². The van der Waals surface area contributed by atoms with Crippen LogP contribution >= 0.6 is 0 Å². The number of carbonyl (C=O) groups is 3. The lowest BCUT2D eigenvalue weighted by atomic mass is 9.47. The van der Waals surface area contributed by atoms with Crippen molar-refractivity contribution in [1.82, 2.24) is 0 Å². The minimum Gasteiger partial charge on any atom is -0.462 e. The quantitative estimate of drug-likeness (QED) is 0.127. The summed E-state index contributed by atoms with van der Waals surface area (Å²) < 4.78 is 114. The molecule has 0 amide bonds. The fourth-order valence-electron chi connectivity index (χ4n) is 9.92. The van der Waals surface area contributed by atoms with Crippen molar-refractivity contribution in [2.75, 3.05) is 0 Å². The van der Waals surface area contributed by atoms with E-state index in [1.54, 1.807) is 6.92 Å². The molecular formula is C31H45F5O9S. The van der Waals surface area contributed by atoms with Gasteiger partial charge in [-0.1, -0.05) is 27.2 Å². The molecule has 0 aromatic rings. The summed E-state index contributed by atoms with van der Waals surface area (Å²) in [7, 11) is -6.55. The van der Waals surface area contributed by atoms with Crippen molar-refractivity contribution in [2.24, 2.45) is 52.8 Å². The van der Waals surface area contributed by atoms with Gasteiger partial charge in [0.1, 0.15) is 12.2 Å². The van der Waals surface area contributed by atoms with Crippen LogP contribution in [-0.4, -0.2) is 60.6 Å². The van der Waals surface area contributed by atoms with Crippen molar-refractivity contribution in [3.63, 3.8) is 0 Å². The topological polar surface area (TPSA) is 133 Å². The van der Waals surface area contributed by atoms with Crippen molar-refractivity contribution < 1.29 is 63.5 Å². The van der Waals surface area contributed by atoms with E-state index in [4.69, 9.17) is 14.0 Å². The van der Waals surface area contributed by atoms with Gasteiger partial charge in [0.25, 0.3) is 6.10 Å². The van der Waals surface area contributed by atoms with Gasteiger partial charge in [-0.3, -0.25) is 18.9 Å². The third-order valence-corrected chi connectivity index (χ3v) is 12.6. The Balaban J connectivity index is 1.57. The largest absolute Gasteiger partial charge is 0.462 e. The van der Waals surface area contributed by atoms with E-state index in [1.165, 1.54) is 13.8 Å². The highest BCUT2D eigenvalue weighted by atomic mass is 32.2. The predicted octanol–water partition coefficient (Wildman–Crippen LogP) is 6.35. The molecule has 4 saturated carbocycles. The second-order valence-corrected chi connectivity index (χ2v) is 15.9. The van der Waals surface area contributed by atoms with E-state index in [9.17, 15) is 44.8 Å². The summed E-state index contributed by atoms with van der Waals surface area (Å²) in [5.74, 6) is -1.62. The van der Waals surface area contributed by atoms with Crippen molar-refractivity contribution in [3.8, 4) is 0 Å². The number of ether oxygens (including phenoxy) is 3. The first-order valence-corrected chi connectivity index (χ1v) is 17.5. The van der Waals surface area contributed by atoms with Gasteiger partial charge in [-0.25, -0.2) is 0 Å². The van der Waals surface area contributed by atoms with Gasteiger partial charge in [0.05, 0.1) is 0 Å². The van der Waals surface area contributed by atoms with E-state index in [0.717, 1.165) is 25.7 Å². The molecule has 264 valence electrons. The Morgan fingerprint density at radius 3 is 2.13 bits per heavy atom. The number of carbonyl (C=O) groups excluding carboxylic acids is 3. The number of hydrogen-bond acceptors (Lipinski definition) is 8. The van der Waals surface area contributed by atoms with Crippen LogP contribution in [0.2, 0.25) is 0 Å². The highest BCUT2D eigenvalue weighted by molar-refractivity contribution is 7.86. The third kappa shape index (κ3) is 7.05.